The van der Waals surface area contributed by atoms with Crippen LogP contribution < -0.4 is 5.73 Å². The van der Waals surface area contributed by atoms with Gasteiger partial charge in [-0.1, -0.05) is 0 Å². The summed E-state index contributed by atoms with van der Waals surface area (Å²) in [6.07, 6.45) is -0.978. The number of piperidine rings is 1. The number of fused-ring (bicyclic) bond motifs is 1. The second kappa shape index (κ2) is 8.97. The number of primary amides is 1. The molecule has 3 amide bonds. The average molecular weight is 452 g/mol. The Hall–Kier alpha value is -2.82. The van der Waals surface area contributed by atoms with Gasteiger partial charge in [0.25, 0.3) is 0 Å². The van der Waals surface area contributed by atoms with Crippen molar-refractivity contribution in [1.29, 1.82) is 0 Å². The lowest BCUT2D eigenvalue weighted by molar-refractivity contribution is -0.136. The van der Waals surface area contributed by atoms with E-state index < -0.39 is 11.7 Å². The predicted octanol–water partition coefficient (Wildman–Crippen LogP) is 2.20. The number of nitrogens with one attached hydrogen (secondary N) is 1. The fourth-order valence-electron chi connectivity index (χ4n) is 4.68. The van der Waals surface area contributed by atoms with E-state index in [9.17, 15) is 22.8 Å². The van der Waals surface area contributed by atoms with Crippen LogP contribution >= 0.6 is 0 Å². The number of nitrogens with two attached hydrogens (primary N) is 1. The van der Waals surface area contributed by atoms with Crippen molar-refractivity contribution in [2.24, 2.45) is 5.73 Å². The van der Waals surface area contributed by atoms with Crippen LogP contribution in [0.5, 0.6) is 0 Å². The summed E-state index contributed by atoms with van der Waals surface area (Å²) in [6.45, 7) is 4.02. The van der Waals surface area contributed by atoms with Crippen LogP contribution in [0, 0.1) is 0 Å². The first kappa shape index (κ1) is 22.4. The topological polar surface area (TPSA) is 98.6 Å². The average Bonchev–Trinajstić information content (AvgIpc) is 3.25. The summed E-state index contributed by atoms with van der Waals surface area (Å²) in [5, 5.41) is 6.50. The molecule has 2 aliphatic heterocycles. The minimum atomic E-state index is -4.49. The molecule has 2 fully saturated rings. The van der Waals surface area contributed by atoms with E-state index in [0.717, 1.165) is 32.0 Å². The molecule has 2 saturated heterocycles. The standard InChI is InChI=1S/C21H27F3N6O2/c22-21(23,24)17-12-14(11-15-13-26-27-19(15)17)1-2-18(31)29-9-7-28(8-10-29)16-3-5-30(6-4-16)20(25)32/h11-13,16H,1-10H2,(H2,25,32)(H,26,27). The Morgan fingerprint density at radius 2 is 1.75 bits per heavy atom. The van der Waals surface area contributed by atoms with Crippen LogP contribution in [-0.2, 0) is 17.4 Å². The van der Waals surface area contributed by atoms with E-state index in [4.69, 9.17) is 5.73 Å². The van der Waals surface area contributed by atoms with Crippen LogP contribution in [0.25, 0.3) is 10.9 Å². The molecule has 11 heteroatoms. The molecule has 0 radical (unpaired) electrons. The highest BCUT2D eigenvalue weighted by Gasteiger charge is 2.34. The number of benzene rings is 1. The number of amides is 3. The van der Waals surface area contributed by atoms with Gasteiger partial charge in [0.15, 0.2) is 0 Å². The number of carbonyl (C=O) groups is 2. The first-order chi connectivity index (χ1) is 15.2. The number of hydrogen-bond donors (Lipinski definition) is 2. The smallest absolute Gasteiger partial charge is 0.351 e. The number of likely N-dealkylation sites (tertiary alicyclic amines) is 1. The van der Waals surface area contributed by atoms with Crippen LogP contribution in [0.15, 0.2) is 18.3 Å². The van der Waals surface area contributed by atoms with E-state index >= 15 is 0 Å². The zero-order chi connectivity index (χ0) is 22.9. The third kappa shape index (κ3) is 4.82. The van der Waals surface area contributed by atoms with Crippen LogP contribution in [0.4, 0.5) is 18.0 Å². The minimum Gasteiger partial charge on any atom is -0.351 e. The number of rotatable bonds is 4. The Kier molecular flexibility index (Phi) is 6.27. The molecule has 1 aromatic carbocycles. The third-order valence-corrected chi connectivity index (χ3v) is 6.50. The summed E-state index contributed by atoms with van der Waals surface area (Å²) in [6, 6.07) is 2.75. The number of aromatic amines is 1. The SMILES string of the molecule is NC(=O)N1CCC(N2CCN(C(=O)CCc3cc(C(F)(F)F)c4[nH]ncc4c3)CC2)CC1. The number of alkyl halides is 3. The predicted molar refractivity (Wildman–Crippen MR) is 112 cm³/mol. The number of aryl methyl sites for hydroxylation is 1. The van der Waals surface area contributed by atoms with E-state index in [-0.39, 0.29) is 30.3 Å². The first-order valence-corrected chi connectivity index (χ1v) is 10.8. The summed E-state index contributed by atoms with van der Waals surface area (Å²) >= 11 is 0. The summed E-state index contributed by atoms with van der Waals surface area (Å²) in [7, 11) is 0. The monoisotopic (exact) mass is 452 g/mol. The van der Waals surface area contributed by atoms with Gasteiger partial charge in [0.2, 0.25) is 5.91 Å². The first-order valence-electron chi connectivity index (χ1n) is 10.8. The lowest BCUT2D eigenvalue weighted by atomic mass is 10.0. The Bertz CT molecular complexity index is 976. The Morgan fingerprint density at radius 3 is 2.38 bits per heavy atom. The van der Waals surface area contributed by atoms with Gasteiger partial charge in [-0.05, 0) is 37.0 Å². The van der Waals surface area contributed by atoms with Crippen molar-refractivity contribution in [3.63, 3.8) is 0 Å². The fraction of sp³-hybridized carbons (Fsp3) is 0.571. The van der Waals surface area contributed by atoms with Gasteiger partial charge >= 0.3 is 12.2 Å². The molecule has 3 N–H and O–H groups in total. The lowest BCUT2D eigenvalue weighted by Gasteiger charge is -2.42. The largest absolute Gasteiger partial charge is 0.418 e. The van der Waals surface area contributed by atoms with Gasteiger partial charge in [-0.2, -0.15) is 18.3 Å². The van der Waals surface area contributed by atoms with E-state index in [0.29, 0.717) is 43.2 Å². The second-order valence-corrected chi connectivity index (χ2v) is 8.45. The van der Waals surface area contributed by atoms with Crippen molar-refractivity contribution in [3.05, 3.63) is 29.5 Å². The van der Waals surface area contributed by atoms with Gasteiger partial charge in [0.05, 0.1) is 17.3 Å². The molecular weight excluding hydrogens is 425 g/mol. The van der Waals surface area contributed by atoms with Crippen molar-refractivity contribution >= 4 is 22.8 Å². The number of H-pyrrole nitrogens is 1. The van der Waals surface area contributed by atoms with Crippen LogP contribution in [0.2, 0.25) is 0 Å². The molecule has 2 aromatic rings. The molecule has 2 aliphatic rings. The molecule has 0 bridgehead atoms. The molecule has 0 aliphatic carbocycles. The molecule has 32 heavy (non-hydrogen) atoms. The molecule has 1 aromatic heterocycles. The number of nitrogens with zero attached hydrogens (tertiary/aromatic N) is 4. The molecule has 3 heterocycles. The molecule has 4 rings (SSSR count). The molecular formula is C21H27F3N6O2. The fourth-order valence-corrected chi connectivity index (χ4v) is 4.68. The maximum atomic E-state index is 13.4. The highest BCUT2D eigenvalue weighted by Crippen LogP contribution is 2.35. The molecule has 174 valence electrons. The van der Waals surface area contributed by atoms with Crippen LogP contribution in [0.3, 0.4) is 0 Å². The van der Waals surface area contributed by atoms with Gasteiger partial charge in [-0.15, -0.1) is 0 Å². The van der Waals surface area contributed by atoms with Crippen molar-refractivity contribution in [1.82, 2.24) is 24.9 Å². The summed E-state index contributed by atoms with van der Waals surface area (Å²) in [4.78, 5) is 29.7. The number of carbonyl (C=O) groups excluding carboxylic acids is 2. The van der Waals surface area contributed by atoms with Crippen molar-refractivity contribution in [2.75, 3.05) is 39.3 Å². The summed E-state index contributed by atoms with van der Waals surface area (Å²) in [5.74, 6) is -0.0472. The van der Waals surface area contributed by atoms with Gasteiger partial charge < -0.3 is 15.5 Å². The van der Waals surface area contributed by atoms with Crippen LogP contribution in [-0.4, -0.2) is 82.1 Å². The highest BCUT2D eigenvalue weighted by molar-refractivity contribution is 5.83. The van der Waals surface area contributed by atoms with Crippen molar-refractivity contribution in [3.8, 4) is 0 Å². The van der Waals surface area contributed by atoms with E-state index in [1.807, 2.05) is 0 Å². The van der Waals surface area contributed by atoms with Gasteiger partial charge in [-0.25, -0.2) is 4.79 Å². The number of urea groups is 1. The number of piperazine rings is 1. The Balaban J connectivity index is 1.29. The van der Waals surface area contributed by atoms with Crippen molar-refractivity contribution in [2.45, 2.75) is 37.9 Å². The lowest BCUT2D eigenvalue weighted by Crippen LogP contribution is -2.55. The zero-order valence-corrected chi connectivity index (χ0v) is 17.7. The second-order valence-electron chi connectivity index (χ2n) is 8.45. The summed E-state index contributed by atoms with van der Waals surface area (Å²) in [5.41, 5.74) is 5.01. The number of hydrogen-bond acceptors (Lipinski definition) is 4. The quantitative estimate of drug-likeness (QED) is 0.743. The molecule has 0 saturated carbocycles. The van der Waals surface area contributed by atoms with Gasteiger partial charge in [0, 0.05) is 57.1 Å². The van der Waals surface area contributed by atoms with Crippen molar-refractivity contribution < 1.29 is 22.8 Å². The third-order valence-electron chi connectivity index (χ3n) is 6.50. The van der Waals surface area contributed by atoms with E-state index in [1.165, 1.54) is 6.20 Å². The number of aromatic nitrogens is 2. The minimum absolute atomic E-state index is 0.0367. The maximum absolute atomic E-state index is 13.4. The van der Waals surface area contributed by atoms with Gasteiger partial charge in [0.1, 0.15) is 0 Å². The van der Waals surface area contributed by atoms with Gasteiger partial charge in [-0.3, -0.25) is 14.8 Å². The Labute approximate surface area is 183 Å². The molecule has 0 atom stereocenters. The number of halogens is 3. The molecule has 0 spiro atoms. The summed E-state index contributed by atoms with van der Waals surface area (Å²) < 4.78 is 40.1. The normalized spacial score (nSPS) is 19.0. The van der Waals surface area contributed by atoms with E-state index in [2.05, 4.69) is 15.1 Å². The maximum Gasteiger partial charge on any atom is 0.418 e. The molecule has 8 nitrogen and oxygen atoms in total. The molecule has 0 unspecified atom stereocenters. The van der Waals surface area contributed by atoms with Crippen LogP contribution in [0.1, 0.15) is 30.4 Å². The zero-order valence-electron chi connectivity index (χ0n) is 17.7. The highest BCUT2D eigenvalue weighted by atomic mass is 19.4. The van der Waals surface area contributed by atoms with E-state index in [1.54, 1.807) is 15.9 Å². The Morgan fingerprint density at radius 1 is 1.06 bits per heavy atom.